The molecule has 2 atom stereocenters. The van der Waals surface area contributed by atoms with Crippen LogP contribution < -0.4 is 5.32 Å². The molecule has 0 heterocycles. The minimum Gasteiger partial charge on any atom is -0.391 e. The number of nitrogens with one attached hydrogen (secondary N) is 1. The molecule has 1 aliphatic rings. The smallest absolute Gasteiger partial charge is 0.220 e. The normalized spacial score (nSPS) is 23.1. The predicted molar refractivity (Wildman–Crippen MR) is 75.9 cm³/mol. The zero-order valence-corrected chi connectivity index (χ0v) is 11.6. The molecule has 3 heteroatoms. The number of carbonyl (C=O) groups is 1. The molecule has 3 nitrogen and oxygen atoms in total. The molecule has 0 radical (unpaired) electrons. The lowest BCUT2D eigenvalue weighted by Crippen LogP contribution is -2.45. The quantitative estimate of drug-likeness (QED) is 0.874. The first-order valence-corrected chi connectivity index (χ1v) is 7.18. The third kappa shape index (κ3) is 4.35. The number of hydrogen-bond acceptors (Lipinski definition) is 2. The Morgan fingerprint density at radius 1 is 1.37 bits per heavy atom. The number of carbonyl (C=O) groups excluding carboxylic acids is 1. The fraction of sp³-hybridized carbons (Fsp3) is 0.562. The highest BCUT2D eigenvalue weighted by Gasteiger charge is 2.24. The molecule has 2 rings (SSSR count). The van der Waals surface area contributed by atoms with Gasteiger partial charge in [-0.05, 0) is 31.7 Å². The Morgan fingerprint density at radius 2 is 2.16 bits per heavy atom. The molecule has 0 bridgehead atoms. The van der Waals surface area contributed by atoms with Gasteiger partial charge in [0.2, 0.25) is 5.91 Å². The molecule has 2 N–H and O–H groups in total. The molecule has 0 aromatic heterocycles. The van der Waals surface area contributed by atoms with Crippen LogP contribution in [0.15, 0.2) is 24.3 Å². The fourth-order valence-electron chi connectivity index (χ4n) is 2.68. The van der Waals surface area contributed by atoms with Gasteiger partial charge >= 0.3 is 0 Å². The number of hydrogen-bond donors (Lipinski definition) is 2. The van der Waals surface area contributed by atoms with Crippen molar-refractivity contribution in [3.63, 3.8) is 0 Å². The standard InChI is InChI=1S/C16H23NO2/c1-12-5-4-6-13(11-12)9-10-16(19)17-14-7-2-3-8-15(14)18/h4-6,11,14-15,18H,2-3,7-10H2,1H3,(H,17,19). The van der Waals surface area contributed by atoms with Crippen LogP contribution in [0.5, 0.6) is 0 Å². The fourth-order valence-corrected chi connectivity index (χ4v) is 2.68. The van der Waals surface area contributed by atoms with E-state index in [2.05, 4.69) is 30.4 Å². The van der Waals surface area contributed by atoms with Crippen LogP contribution in [0.3, 0.4) is 0 Å². The van der Waals surface area contributed by atoms with E-state index in [9.17, 15) is 9.90 Å². The number of benzene rings is 1. The first-order chi connectivity index (χ1) is 9.15. The molecule has 104 valence electrons. The Balaban J connectivity index is 1.78. The van der Waals surface area contributed by atoms with Gasteiger partial charge in [0.25, 0.3) is 0 Å². The topological polar surface area (TPSA) is 49.3 Å². The van der Waals surface area contributed by atoms with Crippen molar-refractivity contribution in [2.45, 2.75) is 57.6 Å². The van der Waals surface area contributed by atoms with Gasteiger partial charge in [-0.1, -0.05) is 42.7 Å². The Hall–Kier alpha value is -1.35. The second-order valence-corrected chi connectivity index (χ2v) is 5.51. The summed E-state index contributed by atoms with van der Waals surface area (Å²) in [5.41, 5.74) is 2.42. The maximum atomic E-state index is 11.9. The largest absolute Gasteiger partial charge is 0.391 e. The number of aryl methyl sites for hydroxylation is 2. The molecule has 0 saturated heterocycles. The lowest BCUT2D eigenvalue weighted by atomic mass is 9.92. The van der Waals surface area contributed by atoms with Crippen molar-refractivity contribution in [1.82, 2.24) is 5.32 Å². The van der Waals surface area contributed by atoms with E-state index in [1.165, 1.54) is 11.1 Å². The lowest BCUT2D eigenvalue weighted by molar-refractivity contribution is -0.123. The summed E-state index contributed by atoms with van der Waals surface area (Å²) >= 11 is 0. The molecule has 0 spiro atoms. The van der Waals surface area contributed by atoms with Crippen LogP contribution in [0, 0.1) is 6.92 Å². The molecule has 2 unspecified atom stereocenters. The maximum absolute atomic E-state index is 11.9. The van der Waals surface area contributed by atoms with Gasteiger partial charge in [-0.3, -0.25) is 4.79 Å². The van der Waals surface area contributed by atoms with Crippen LogP contribution in [-0.2, 0) is 11.2 Å². The van der Waals surface area contributed by atoms with E-state index in [0.717, 1.165) is 32.1 Å². The van der Waals surface area contributed by atoms with E-state index in [1.807, 2.05) is 6.07 Å². The first kappa shape index (κ1) is 14.1. The van der Waals surface area contributed by atoms with Crippen LogP contribution in [0.25, 0.3) is 0 Å². The molecule has 19 heavy (non-hydrogen) atoms. The van der Waals surface area contributed by atoms with E-state index < -0.39 is 0 Å². The molecular formula is C16H23NO2. The van der Waals surface area contributed by atoms with Gasteiger partial charge < -0.3 is 10.4 Å². The van der Waals surface area contributed by atoms with E-state index in [0.29, 0.717) is 6.42 Å². The third-order valence-electron chi connectivity index (χ3n) is 3.80. The molecule has 1 fully saturated rings. The zero-order valence-electron chi connectivity index (χ0n) is 11.6. The van der Waals surface area contributed by atoms with Crippen molar-refractivity contribution in [1.29, 1.82) is 0 Å². The number of aliphatic hydroxyl groups is 1. The van der Waals surface area contributed by atoms with E-state index >= 15 is 0 Å². The second kappa shape index (κ2) is 6.71. The van der Waals surface area contributed by atoms with Gasteiger partial charge in [0, 0.05) is 6.42 Å². The van der Waals surface area contributed by atoms with Crippen molar-refractivity contribution < 1.29 is 9.90 Å². The van der Waals surface area contributed by atoms with Crippen molar-refractivity contribution >= 4 is 5.91 Å². The molecule has 0 aliphatic heterocycles. The highest BCUT2D eigenvalue weighted by Crippen LogP contribution is 2.18. The van der Waals surface area contributed by atoms with Gasteiger partial charge in [-0.25, -0.2) is 0 Å². The van der Waals surface area contributed by atoms with Crippen LogP contribution in [0.4, 0.5) is 0 Å². The predicted octanol–water partition coefficient (Wildman–Crippen LogP) is 2.35. The Labute approximate surface area is 115 Å². The summed E-state index contributed by atoms with van der Waals surface area (Å²) < 4.78 is 0. The maximum Gasteiger partial charge on any atom is 0.220 e. The average Bonchev–Trinajstić information content (AvgIpc) is 2.39. The van der Waals surface area contributed by atoms with Crippen LogP contribution >= 0.6 is 0 Å². The number of rotatable bonds is 4. The van der Waals surface area contributed by atoms with Crippen molar-refractivity contribution in [3.05, 3.63) is 35.4 Å². The van der Waals surface area contributed by atoms with Crippen molar-refractivity contribution in [2.24, 2.45) is 0 Å². The Kier molecular flexibility index (Phi) is 4.97. The van der Waals surface area contributed by atoms with Gasteiger partial charge in [0.05, 0.1) is 12.1 Å². The molecule has 1 aromatic carbocycles. The van der Waals surface area contributed by atoms with Gasteiger partial charge in [-0.2, -0.15) is 0 Å². The summed E-state index contributed by atoms with van der Waals surface area (Å²) in [6.07, 6.45) is 4.76. The summed E-state index contributed by atoms with van der Waals surface area (Å²) in [7, 11) is 0. The Morgan fingerprint density at radius 3 is 2.89 bits per heavy atom. The van der Waals surface area contributed by atoms with Gasteiger partial charge in [0.1, 0.15) is 0 Å². The monoisotopic (exact) mass is 261 g/mol. The van der Waals surface area contributed by atoms with Crippen molar-refractivity contribution in [2.75, 3.05) is 0 Å². The van der Waals surface area contributed by atoms with Crippen LogP contribution in [0.1, 0.15) is 43.2 Å². The molecule has 1 aromatic rings. The van der Waals surface area contributed by atoms with Crippen LogP contribution in [-0.4, -0.2) is 23.2 Å². The molecular weight excluding hydrogens is 238 g/mol. The zero-order chi connectivity index (χ0) is 13.7. The summed E-state index contributed by atoms with van der Waals surface area (Å²) in [4.78, 5) is 11.9. The summed E-state index contributed by atoms with van der Waals surface area (Å²) in [6, 6.07) is 8.20. The van der Waals surface area contributed by atoms with E-state index in [-0.39, 0.29) is 18.1 Å². The first-order valence-electron chi connectivity index (χ1n) is 7.18. The van der Waals surface area contributed by atoms with Crippen LogP contribution in [0.2, 0.25) is 0 Å². The van der Waals surface area contributed by atoms with Crippen molar-refractivity contribution in [3.8, 4) is 0 Å². The average molecular weight is 261 g/mol. The summed E-state index contributed by atoms with van der Waals surface area (Å²) in [6.45, 7) is 2.06. The summed E-state index contributed by atoms with van der Waals surface area (Å²) in [5, 5.41) is 12.8. The van der Waals surface area contributed by atoms with Gasteiger partial charge in [-0.15, -0.1) is 0 Å². The minimum atomic E-state index is -0.364. The van der Waals surface area contributed by atoms with Gasteiger partial charge in [0.15, 0.2) is 0 Å². The minimum absolute atomic E-state index is 0.0428. The number of amides is 1. The third-order valence-corrected chi connectivity index (χ3v) is 3.80. The molecule has 1 saturated carbocycles. The highest BCUT2D eigenvalue weighted by atomic mass is 16.3. The Bertz CT molecular complexity index is 431. The number of aliphatic hydroxyl groups excluding tert-OH is 1. The highest BCUT2D eigenvalue weighted by molar-refractivity contribution is 5.76. The van der Waals surface area contributed by atoms with E-state index in [4.69, 9.17) is 0 Å². The van der Waals surface area contributed by atoms with E-state index in [1.54, 1.807) is 0 Å². The lowest BCUT2D eigenvalue weighted by Gasteiger charge is -2.28. The molecule has 1 amide bonds. The summed E-state index contributed by atoms with van der Waals surface area (Å²) in [5.74, 6) is 0.0486. The SMILES string of the molecule is Cc1cccc(CCC(=O)NC2CCCCC2O)c1. The second-order valence-electron chi connectivity index (χ2n) is 5.51. The molecule has 1 aliphatic carbocycles.